The van der Waals surface area contributed by atoms with Gasteiger partial charge >= 0.3 is 11.8 Å². The molecule has 1 atom stereocenters. The molecule has 0 aromatic heterocycles. The number of hydrogen-bond acceptors (Lipinski definition) is 5. The Bertz CT molecular complexity index is 883. The SMILES string of the molecule is COc1ccccc1CNC(=O)C(=O)NC[C@H](c1ccc(F)cc1)N1CCN(C)CC1. The molecule has 0 radical (unpaired) electrons. The smallest absolute Gasteiger partial charge is 0.309 e. The van der Waals surface area contributed by atoms with Gasteiger partial charge in [-0.05, 0) is 30.8 Å². The molecule has 7 nitrogen and oxygen atoms in total. The lowest BCUT2D eigenvalue weighted by Gasteiger charge is -2.38. The van der Waals surface area contributed by atoms with E-state index in [0.29, 0.717) is 5.75 Å². The van der Waals surface area contributed by atoms with E-state index in [0.717, 1.165) is 37.3 Å². The topological polar surface area (TPSA) is 73.9 Å². The highest BCUT2D eigenvalue weighted by Crippen LogP contribution is 2.22. The second-order valence-electron chi connectivity index (χ2n) is 7.61. The van der Waals surface area contributed by atoms with Gasteiger partial charge in [-0.1, -0.05) is 30.3 Å². The third kappa shape index (κ3) is 6.26. The molecule has 0 unspecified atom stereocenters. The summed E-state index contributed by atoms with van der Waals surface area (Å²) >= 11 is 0. The molecule has 166 valence electrons. The molecule has 0 spiro atoms. The Morgan fingerprint density at radius 1 is 1.00 bits per heavy atom. The summed E-state index contributed by atoms with van der Waals surface area (Å²) in [5, 5.41) is 5.37. The number of piperazine rings is 1. The standard InChI is InChI=1S/C23H29FN4O3/c1-27-11-13-28(14-12-27)20(17-7-9-19(24)10-8-17)16-26-23(30)22(29)25-15-18-5-3-4-6-21(18)31-2/h3-10,20H,11-16H2,1-2H3,(H,25,29)(H,26,30)/t20-/m1/s1. The summed E-state index contributed by atoms with van der Waals surface area (Å²) in [5.41, 5.74) is 1.69. The van der Waals surface area contributed by atoms with Gasteiger partial charge in [0.05, 0.1) is 13.2 Å². The molecule has 8 heteroatoms. The molecular weight excluding hydrogens is 399 g/mol. The molecule has 0 aliphatic carbocycles. The molecule has 0 saturated carbocycles. The molecule has 3 rings (SSSR count). The number of amides is 2. The highest BCUT2D eigenvalue weighted by molar-refractivity contribution is 6.35. The lowest BCUT2D eigenvalue weighted by molar-refractivity contribution is -0.139. The second-order valence-corrected chi connectivity index (χ2v) is 7.61. The van der Waals surface area contributed by atoms with Crippen LogP contribution < -0.4 is 15.4 Å². The summed E-state index contributed by atoms with van der Waals surface area (Å²) in [6.07, 6.45) is 0. The Labute approximate surface area is 182 Å². The van der Waals surface area contributed by atoms with Crippen LogP contribution in [0.2, 0.25) is 0 Å². The van der Waals surface area contributed by atoms with Gasteiger partial charge in [-0.25, -0.2) is 4.39 Å². The average molecular weight is 429 g/mol. The van der Waals surface area contributed by atoms with Gasteiger partial charge in [0.15, 0.2) is 0 Å². The fourth-order valence-corrected chi connectivity index (χ4v) is 3.65. The monoisotopic (exact) mass is 428 g/mol. The van der Waals surface area contributed by atoms with Crippen molar-refractivity contribution in [1.82, 2.24) is 20.4 Å². The second kappa shape index (κ2) is 10.9. The van der Waals surface area contributed by atoms with E-state index in [4.69, 9.17) is 4.74 Å². The summed E-state index contributed by atoms with van der Waals surface area (Å²) in [6.45, 7) is 3.92. The Morgan fingerprint density at radius 3 is 2.32 bits per heavy atom. The molecule has 31 heavy (non-hydrogen) atoms. The van der Waals surface area contributed by atoms with E-state index in [-0.39, 0.29) is 24.9 Å². The lowest BCUT2D eigenvalue weighted by Crippen LogP contribution is -2.49. The van der Waals surface area contributed by atoms with Crippen molar-refractivity contribution >= 4 is 11.8 Å². The number of likely N-dealkylation sites (N-methyl/N-ethyl adjacent to an activating group) is 1. The predicted molar refractivity (Wildman–Crippen MR) is 116 cm³/mol. The molecule has 2 amide bonds. The van der Waals surface area contributed by atoms with E-state index in [1.54, 1.807) is 25.3 Å². The van der Waals surface area contributed by atoms with Crippen molar-refractivity contribution in [2.75, 3.05) is 46.9 Å². The van der Waals surface area contributed by atoms with Gasteiger partial charge < -0.3 is 20.3 Å². The summed E-state index contributed by atoms with van der Waals surface area (Å²) in [4.78, 5) is 29.2. The fraction of sp³-hybridized carbons (Fsp3) is 0.391. The van der Waals surface area contributed by atoms with Gasteiger partial charge in [0.2, 0.25) is 0 Å². The Hall–Kier alpha value is -2.97. The zero-order chi connectivity index (χ0) is 22.2. The minimum absolute atomic E-state index is 0.139. The van der Waals surface area contributed by atoms with Crippen LogP contribution in [0.3, 0.4) is 0 Å². The van der Waals surface area contributed by atoms with Crippen molar-refractivity contribution in [2.45, 2.75) is 12.6 Å². The van der Waals surface area contributed by atoms with Crippen molar-refractivity contribution < 1.29 is 18.7 Å². The summed E-state index contributed by atoms with van der Waals surface area (Å²) in [6, 6.07) is 13.5. The minimum Gasteiger partial charge on any atom is -0.496 e. The molecule has 1 aliphatic rings. The Balaban J connectivity index is 1.60. The molecular formula is C23H29FN4O3. The molecule has 2 aromatic carbocycles. The van der Waals surface area contributed by atoms with Gasteiger partial charge in [-0.15, -0.1) is 0 Å². The number of carbonyl (C=O) groups is 2. The first-order valence-corrected chi connectivity index (χ1v) is 10.3. The molecule has 1 saturated heterocycles. The van der Waals surface area contributed by atoms with Crippen LogP contribution in [0, 0.1) is 5.82 Å². The normalized spacial score (nSPS) is 15.8. The highest BCUT2D eigenvalue weighted by atomic mass is 19.1. The molecule has 1 heterocycles. The van der Waals surface area contributed by atoms with E-state index >= 15 is 0 Å². The number of ether oxygens (including phenoxy) is 1. The molecule has 1 fully saturated rings. The number of halogens is 1. The van der Waals surface area contributed by atoms with Crippen LogP contribution in [0.15, 0.2) is 48.5 Å². The first-order valence-electron chi connectivity index (χ1n) is 10.3. The zero-order valence-electron chi connectivity index (χ0n) is 17.9. The number of hydrogen-bond donors (Lipinski definition) is 2. The third-order valence-electron chi connectivity index (χ3n) is 5.53. The molecule has 1 aliphatic heterocycles. The molecule has 2 N–H and O–H groups in total. The van der Waals surface area contributed by atoms with Crippen LogP contribution >= 0.6 is 0 Å². The molecule has 0 bridgehead atoms. The first kappa shape index (κ1) is 22.7. The van der Waals surface area contributed by atoms with Gasteiger partial charge in [0.1, 0.15) is 11.6 Å². The largest absolute Gasteiger partial charge is 0.496 e. The number of benzene rings is 2. The molecule has 2 aromatic rings. The summed E-state index contributed by atoms with van der Waals surface area (Å²) in [7, 11) is 3.62. The lowest BCUT2D eigenvalue weighted by atomic mass is 10.0. The van der Waals surface area contributed by atoms with Crippen LogP contribution in [-0.4, -0.2) is 68.5 Å². The maximum absolute atomic E-state index is 13.4. The van der Waals surface area contributed by atoms with Crippen LogP contribution in [-0.2, 0) is 16.1 Å². The van der Waals surface area contributed by atoms with E-state index in [1.807, 2.05) is 18.2 Å². The maximum Gasteiger partial charge on any atom is 0.309 e. The quantitative estimate of drug-likeness (QED) is 0.655. The van der Waals surface area contributed by atoms with E-state index in [1.165, 1.54) is 12.1 Å². The Kier molecular flexibility index (Phi) is 7.97. The summed E-state index contributed by atoms with van der Waals surface area (Å²) < 4.78 is 18.7. The Morgan fingerprint density at radius 2 is 1.65 bits per heavy atom. The number of para-hydroxylation sites is 1. The maximum atomic E-state index is 13.4. The van der Waals surface area contributed by atoms with Gasteiger partial charge in [0.25, 0.3) is 0 Å². The van der Waals surface area contributed by atoms with Crippen molar-refractivity contribution in [2.24, 2.45) is 0 Å². The van der Waals surface area contributed by atoms with Crippen LogP contribution in [0.1, 0.15) is 17.2 Å². The highest BCUT2D eigenvalue weighted by Gasteiger charge is 2.25. The summed E-state index contributed by atoms with van der Waals surface area (Å²) in [5.74, 6) is -1.06. The van der Waals surface area contributed by atoms with Gasteiger partial charge in [0, 0.05) is 44.8 Å². The van der Waals surface area contributed by atoms with Crippen LogP contribution in [0.4, 0.5) is 4.39 Å². The van der Waals surface area contributed by atoms with Crippen molar-refractivity contribution in [3.63, 3.8) is 0 Å². The predicted octanol–water partition coefficient (Wildman–Crippen LogP) is 1.56. The number of methoxy groups -OCH3 is 1. The van der Waals surface area contributed by atoms with Gasteiger partial charge in [-0.3, -0.25) is 14.5 Å². The van der Waals surface area contributed by atoms with Crippen LogP contribution in [0.5, 0.6) is 5.75 Å². The van der Waals surface area contributed by atoms with Crippen LogP contribution in [0.25, 0.3) is 0 Å². The fourth-order valence-electron chi connectivity index (χ4n) is 3.65. The minimum atomic E-state index is -0.706. The third-order valence-corrected chi connectivity index (χ3v) is 5.53. The number of carbonyl (C=O) groups excluding carboxylic acids is 2. The number of nitrogens with zero attached hydrogens (tertiary/aromatic N) is 2. The number of nitrogens with one attached hydrogen (secondary N) is 2. The van der Waals surface area contributed by atoms with Crippen molar-refractivity contribution in [3.8, 4) is 5.75 Å². The van der Waals surface area contributed by atoms with E-state index in [9.17, 15) is 14.0 Å². The van der Waals surface area contributed by atoms with Crippen molar-refractivity contribution in [3.05, 3.63) is 65.5 Å². The first-order chi connectivity index (χ1) is 15.0. The van der Waals surface area contributed by atoms with E-state index < -0.39 is 11.8 Å². The number of rotatable bonds is 7. The zero-order valence-corrected chi connectivity index (χ0v) is 17.9. The van der Waals surface area contributed by atoms with Crippen molar-refractivity contribution in [1.29, 1.82) is 0 Å². The van der Waals surface area contributed by atoms with E-state index in [2.05, 4.69) is 27.5 Å². The average Bonchev–Trinajstić information content (AvgIpc) is 2.79. The van der Waals surface area contributed by atoms with Gasteiger partial charge in [-0.2, -0.15) is 0 Å².